The van der Waals surface area contributed by atoms with Crippen LogP contribution in [0.5, 0.6) is 5.75 Å². The van der Waals surface area contributed by atoms with E-state index >= 15 is 0 Å². The van der Waals surface area contributed by atoms with Crippen LogP contribution in [0, 0.1) is 10.1 Å². The summed E-state index contributed by atoms with van der Waals surface area (Å²) in [5, 5.41) is 22.6. The SMILES string of the molecule is CC(C)(C)c1cc(CN2C(=O)C(=O)c3cc(Br)cc([N+](=O)[O-])c32)cc(C(C)(C)C)c1O. The number of nitro groups is 1. The number of benzene rings is 2. The van der Waals surface area contributed by atoms with Crippen molar-refractivity contribution in [3.8, 4) is 5.75 Å². The van der Waals surface area contributed by atoms with E-state index in [0.717, 1.165) is 4.90 Å². The van der Waals surface area contributed by atoms with Gasteiger partial charge in [-0.1, -0.05) is 57.5 Å². The van der Waals surface area contributed by atoms with Crippen molar-refractivity contribution in [2.75, 3.05) is 4.90 Å². The molecule has 2 aromatic carbocycles. The number of halogens is 1. The summed E-state index contributed by atoms with van der Waals surface area (Å²) in [6.45, 7) is 11.8. The average Bonchev–Trinajstić information content (AvgIpc) is 2.85. The number of carbonyl (C=O) groups is 2. The molecule has 0 saturated heterocycles. The van der Waals surface area contributed by atoms with Crippen LogP contribution < -0.4 is 4.90 Å². The second kappa shape index (κ2) is 7.44. The van der Waals surface area contributed by atoms with E-state index in [1.54, 1.807) is 12.1 Å². The van der Waals surface area contributed by atoms with E-state index < -0.39 is 16.6 Å². The van der Waals surface area contributed by atoms with E-state index in [1.807, 2.05) is 41.5 Å². The Hall–Kier alpha value is -2.74. The summed E-state index contributed by atoms with van der Waals surface area (Å²) in [4.78, 5) is 37.5. The summed E-state index contributed by atoms with van der Waals surface area (Å²) >= 11 is 3.17. The zero-order valence-corrected chi connectivity index (χ0v) is 20.0. The smallest absolute Gasteiger partial charge is 0.299 e. The molecule has 0 fully saturated rings. The minimum atomic E-state index is -0.807. The lowest BCUT2D eigenvalue weighted by atomic mass is 9.78. The summed E-state index contributed by atoms with van der Waals surface area (Å²) < 4.78 is 0.357. The van der Waals surface area contributed by atoms with E-state index in [2.05, 4.69) is 15.9 Å². The number of anilines is 1. The number of rotatable bonds is 3. The fraction of sp³-hybridized carbons (Fsp3) is 0.391. The van der Waals surface area contributed by atoms with Gasteiger partial charge in [0.05, 0.1) is 17.0 Å². The second-order valence-corrected chi connectivity index (χ2v) is 10.8. The van der Waals surface area contributed by atoms with Crippen molar-refractivity contribution < 1.29 is 19.6 Å². The van der Waals surface area contributed by atoms with Crippen molar-refractivity contribution in [2.24, 2.45) is 0 Å². The van der Waals surface area contributed by atoms with Crippen LogP contribution in [-0.4, -0.2) is 21.7 Å². The Morgan fingerprint density at radius 1 is 1.00 bits per heavy atom. The first kappa shape index (κ1) is 22.9. The maximum Gasteiger partial charge on any atom is 0.299 e. The fourth-order valence-corrected chi connectivity index (χ4v) is 4.23. The highest BCUT2D eigenvalue weighted by Crippen LogP contribution is 2.43. The summed E-state index contributed by atoms with van der Waals surface area (Å²) in [6, 6.07) is 6.31. The molecule has 0 spiro atoms. The number of aromatic hydroxyl groups is 1. The molecule has 8 heteroatoms. The van der Waals surface area contributed by atoms with E-state index in [1.165, 1.54) is 12.1 Å². The Balaban J connectivity index is 2.20. The van der Waals surface area contributed by atoms with Gasteiger partial charge in [0.15, 0.2) is 0 Å². The molecule has 1 aliphatic rings. The van der Waals surface area contributed by atoms with Crippen molar-refractivity contribution in [3.05, 3.63) is 61.1 Å². The molecule has 31 heavy (non-hydrogen) atoms. The molecule has 1 N–H and O–H groups in total. The number of carbonyl (C=O) groups excluding carboxylic acids is 2. The summed E-state index contributed by atoms with van der Waals surface area (Å²) in [5.74, 6) is -1.38. The largest absolute Gasteiger partial charge is 0.507 e. The number of ketones is 1. The lowest BCUT2D eigenvalue weighted by molar-refractivity contribution is -0.384. The number of phenols is 1. The highest BCUT2D eigenvalue weighted by molar-refractivity contribution is 9.10. The van der Waals surface area contributed by atoms with Gasteiger partial charge in [0.1, 0.15) is 11.4 Å². The molecule has 7 nitrogen and oxygen atoms in total. The molecule has 3 rings (SSSR count). The van der Waals surface area contributed by atoms with Gasteiger partial charge in [-0.15, -0.1) is 0 Å². The van der Waals surface area contributed by atoms with Crippen molar-refractivity contribution in [3.63, 3.8) is 0 Å². The summed E-state index contributed by atoms with van der Waals surface area (Å²) in [5.41, 5.74) is 1.05. The van der Waals surface area contributed by atoms with Crippen LogP contribution in [0.1, 0.15) is 68.6 Å². The molecule has 0 saturated carbocycles. The second-order valence-electron chi connectivity index (χ2n) is 9.84. The number of nitrogens with zero attached hydrogens (tertiary/aromatic N) is 2. The molecule has 1 amide bonds. The number of fused-ring (bicyclic) bond motifs is 1. The Kier molecular flexibility index (Phi) is 5.51. The molecule has 0 aromatic heterocycles. The van der Waals surface area contributed by atoms with Gasteiger partial charge in [0.2, 0.25) is 0 Å². The molecule has 164 valence electrons. The van der Waals surface area contributed by atoms with Crippen molar-refractivity contribution >= 4 is 39.0 Å². The number of nitro benzene ring substituents is 1. The van der Waals surface area contributed by atoms with Crippen LogP contribution in [0.4, 0.5) is 11.4 Å². The number of Topliss-reactive ketones (excluding diaryl/α,β-unsaturated/α-hetero) is 1. The first-order valence-electron chi connectivity index (χ1n) is 9.84. The average molecular weight is 489 g/mol. The van der Waals surface area contributed by atoms with Gasteiger partial charge in [-0.3, -0.25) is 24.6 Å². The minimum Gasteiger partial charge on any atom is -0.507 e. The molecule has 1 aliphatic heterocycles. The minimum absolute atomic E-state index is 0.00546. The zero-order valence-electron chi connectivity index (χ0n) is 18.4. The highest BCUT2D eigenvalue weighted by atomic mass is 79.9. The van der Waals surface area contributed by atoms with Gasteiger partial charge < -0.3 is 5.11 Å². The molecule has 0 atom stereocenters. The number of amides is 1. The molecule has 0 aliphatic carbocycles. The highest BCUT2D eigenvalue weighted by Gasteiger charge is 2.42. The van der Waals surface area contributed by atoms with Crippen molar-refractivity contribution in [1.82, 2.24) is 0 Å². The Morgan fingerprint density at radius 3 is 1.97 bits per heavy atom. The van der Waals surface area contributed by atoms with Crippen LogP contribution in [0.3, 0.4) is 0 Å². The summed E-state index contributed by atoms with van der Waals surface area (Å²) in [6.07, 6.45) is 0. The van der Waals surface area contributed by atoms with E-state index in [-0.39, 0.29) is 40.1 Å². The Labute approximate surface area is 189 Å². The number of hydrogen-bond acceptors (Lipinski definition) is 5. The maximum absolute atomic E-state index is 12.8. The lowest BCUT2D eigenvalue weighted by Crippen LogP contribution is -2.30. The number of phenolic OH excluding ortho intramolecular Hbond substituents is 1. The summed E-state index contributed by atoms with van der Waals surface area (Å²) in [7, 11) is 0. The maximum atomic E-state index is 12.8. The predicted octanol–water partition coefficient (Wildman–Crippen LogP) is 5.39. The van der Waals surface area contributed by atoms with Crippen molar-refractivity contribution in [1.29, 1.82) is 0 Å². The Bertz CT molecular complexity index is 1090. The van der Waals surface area contributed by atoms with Crippen LogP contribution in [0.2, 0.25) is 0 Å². The predicted molar refractivity (Wildman–Crippen MR) is 122 cm³/mol. The first-order valence-corrected chi connectivity index (χ1v) is 10.6. The van der Waals surface area contributed by atoms with Gasteiger partial charge in [0.25, 0.3) is 17.4 Å². The van der Waals surface area contributed by atoms with E-state index in [4.69, 9.17) is 0 Å². The number of hydrogen-bond donors (Lipinski definition) is 1. The molecule has 0 bridgehead atoms. The molecular weight excluding hydrogens is 464 g/mol. The fourth-order valence-electron chi connectivity index (χ4n) is 3.78. The third-order valence-electron chi connectivity index (χ3n) is 5.33. The van der Waals surface area contributed by atoms with Crippen LogP contribution in [0.25, 0.3) is 0 Å². The normalized spacial score (nSPS) is 14.2. The van der Waals surface area contributed by atoms with Crippen LogP contribution >= 0.6 is 15.9 Å². The molecule has 1 heterocycles. The zero-order chi connectivity index (χ0) is 23.5. The quantitative estimate of drug-likeness (QED) is 0.354. The third kappa shape index (κ3) is 4.08. The third-order valence-corrected chi connectivity index (χ3v) is 5.79. The van der Waals surface area contributed by atoms with Crippen molar-refractivity contribution in [2.45, 2.75) is 58.9 Å². The Morgan fingerprint density at radius 2 is 1.52 bits per heavy atom. The van der Waals surface area contributed by atoms with Gasteiger partial charge in [-0.25, -0.2) is 0 Å². The molecule has 0 radical (unpaired) electrons. The molecule has 2 aromatic rings. The van der Waals surface area contributed by atoms with Gasteiger partial charge >= 0.3 is 0 Å². The van der Waals surface area contributed by atoms with Gasteiger partial charge in [-0.05, 0) is 45.7 Å². The molecule has 0 unspecified atom stereocenters. The first-order chi connectivity index (χ1) is 14.1. The van der Waals surface area contributed by atoms with E-state index in [9.17, 15) is 24.8 Å². The van der Waals surface area contributed by atoms with Crippen LogP contribution in [-0.2, 0) is 22.2 Å². The van der Waals surface area contributed by atoms with Crippen LogP contribution in [0.15, 0.2) is 28.7 Å². The monoisotopic (exact) mass is 488 g/mol. The molecular formula is C23H25BrN2O5. The van der Waals surface area contributed by atoms with Gasteiger partial charge in [0, 0.05) is 10.5 Å². The standard InChI is InChI=1S/C23H25BrN2O5/c1-22(2,3)15-7-12(8-16(20(15)28)23(4,5)6)11-25-18-14(19(27)21(25)29)9-13(24)10-17(18)26(30)31/h7-10,28H,11H2,1-6H3. The van der Waals surface area contributed by atoms with Gasteiger partial charge in [-0.2, -0.15) is 0 Å². The topological polar surface area (TPSA) is 101 Å². The van der Waals surface area contributed by atoms with E-state index in [0.29, 0.717) is 21.2 Å². The lowest BCUT2D eigenvalue weighted by Gasteiger charge is -2.29.